The van der Waals surface area contributed by atoms with Crippen molar-refractivity contribution in [2.24, 2.45) is 5.92 Å². The molecule has 0 aliphatic rings. The van der Waals surface area contributed by atoms with Gasteiger partial charge in [-0.2, -0.15) is 0 Å². The molecule has 0 unspecified atom stereocenters. The molecule has 0 saturated carbocycles. The van der Waals surface area contributed by atoms with E-state index in [1.54, 1.807) is 0 Å². The predicted octanol–water partition coefficient (Wildman–Crippen LogP) is 5.87. The number of allylic oxidation sites excluding steroid dienone is 2. The Hall–Kier alpha value is -2.10. The second kappa shape index (κ2) is 11.7. The van der Waals surface area contributed by atoms with Gasteiger partial charge in [0.25, 0.3) is 0 Å². The summed E-state index contributed by atoms with van der Waals surface area (Å²) >= 11 is 0. The Morgan fingerprint density at radius 2 is 1.79 bits per heavy atom. The SMILES string of the molecule is C/C(=C/CCCCC(C)C)c1cccc(OCc2ccc(CO)c(CO)c2)c1. The molecule has 0 bridgehead atoms. The van der Waals surface area contributed by atoms with E-state index >= 15 is 0 Å². The number of unbranched alkanes of at least 4 members (excludes halogenated alkanes) is 2. The first-order chi connectivity index (χ1) is 13.5. The molecule has 0 radical (unpaired) electrons. The third-order valence-electron chi connectivity index (χ3n) is 4.99. The molecule has 2 rings (SSSR count). The highest BCUT2D eigenvalue weighted by Gasteiger charge is 2.04. The highest BCUT2D eigenvalue weighted by molar-refractivity contribution is 5.64. The van der Waals surface area contributed by atoms with Crippen molar-refractivity contribution >= 4 is 5.57 Å². The van der Waals surface area contributed by atoms with Crippen molar-refractivity contribution < 1.29 is 14.9 Å². The quantitative estimate of drug-likeness (QED) is 0.478. The summed E-state index contributed by atoms with van der Waals surface area (Å²) in [4.78, 5) is 0. The molecule has 0 aromatic heterocycles. The van der Waals surface area contributed by atoms with E-state index in [0.717, 1.165) is 34.8 Å². The number of ether oxygens (including phenoxy) is 1. The van der Waals surface area contributed by atoms with Crippen LogP contribution in [0.1, 0.15) is 68.7 Å². The molecule has 0 aliphatic carbocycles. The second-order valence-corrected chi connectivity index (χ2v) is 7.80. The summed E-state index contributed by atoms with van der Waals surface area (Å²) in [5, 5.41) is 18.7. The van der Waals surface area contributed by atoms with Gasteiger partial charge in [0.2, 0.25) is 0 Å². The highest BCUT2D eigenvalue weighted by atomic mass is 16.5. The van der Waals surface area contributed by atoms with Crippen LogP contribution in [-0.2, 0) is 19.8 Å². The molecule has 2 N–H and O–H groups in total. The maximum atomic E-state index is 9.43. The average molecular weight is 383 g/mol. The monoisotopic (exact) mass is 382 g/mol. The maximum Gasteiger partial charge on any atom is 0.120 e. The number of benzene rings is 2. The van der Waals surface area contributed by atoms with Crippen molar-refractivity contribution in [3.8, 4) is 5.75 Å². The van der Waals surface area contributed by atoms with Crippen LogP contribution in [0.2, 0.25) is 0 Å². The van der Waals surface area contributed by atoms with E-state index in [-0.39, 0.29) is 13.2 Å². The molecule has 0 saturated heterocycles. The van der Waals surface area contributed by atoms with Crippen LogP contribution in [-0.4, -0.2) is 10.2 Å². The van der Waals surface area contributed by atoms with Gasteiger partial charge in [0, 0.05) is 0 Å². The third kappa shape index (κ3) is 7.14. The van der Waals surface area contributed by atoms with E-state index in [1.165, 1.54) is 30.4 Å². The van der Waals surface area contributed by atoms with Crippen LogP contribution in [0.25, 0.3) is 5.57 Å². The van der Waals surface area contributed by atoms with Crippen molar-refractivity contribution in [3.05, 3.63) is 70.8 Å². The lowest BCUT2D eigenvalue weighted by atomic mass is 10.0. The van der Waals surface area contributed by atoms with Crippen LogP contribution in [0.4, 0.5) is 0 Å². The molecule has 3 nitrogen and oxygen atoms in total. The fourth-order valence-corrected chi connectivity index (χ4v) is 3.20. The maximum absolute atomic E-state index is 9.43. The van der Waals surface area contributed by atoms with Gasteiger partial charge in [-0.15, -0.1) is 0 Å². The van der Waals surface area contributed by atoms with Gasteiger partial charge in [0.05, 0.1) is 13.2 Å². The van der Waals surface area contributed by atoms with Crippen LogP contribution in [0.5, 0.6) is 5.75 Å². The van der Waals surface area contributed by atoms with Crippen LogP contribution >= 0.6 is 0 Å². The molecule has 0 fully saturated rings. The molecule has 0 aliphatic heterocycles. The first-order valence-corrected chi connectivity index (χ1v) is 10.3. The smallest absolute Gasteiger partial charge is 0.120 e. The van der Waals surface area contributed by atoms with Crippen molar-refractivity contribution in [1.82, 2.24) is 0 Å². The minimum Gasteiger partial charge on any atom is -0.489 e. The molecular weight excluding hydrogens is 348 g/mol. The lowest BCUT2D eigenvalue weighted by molar-refractivity contribution is 0.259. The molecule has 28 heavy (non-hydrogen) atoms. The molecule has 0 amide bonds. The normalized spacial score (nSPS) is 11.9. The third-order valence-corrected chi connectivity index (χ3v) is 4.99. The molecule has 152 valence electrons. The van der Waals surface area contributed by atoms with Gasteiger partial charge >= 0.3 is 0 Å². The molecular formula is C25H34O3. The van der Waals surface area contributed by atoms with Crippen LogP contribution < -0.4 is 4.74 Å². The van der Waals surface area contributed by atoms with E-state index in [0.29, 0.717) is 6.61 Å². The molecule has 3 heteroatoms. The summed E-state index contributed by atoms with van der Waals surface area (Å²) in [5.74, 6) is 1.62. The molecule has 0 atom stereocenters. The van der Waals surface area contributed by atoms with Crippen molar-refractivity contribution in [2.45, 2.75) is 66.3 Å². The van der Waals surface area contributed by atoms with Crippen LogP contribution in [0, 0.1) is 5.92 Å². The Bertz CT molecular complexity index is 762. The van der Waals surface area contributed by atoms with Gasteiger partial charge in [-0.25, -0.2) is 0 Å². The topological polar surface area (TPSA) is 49.7 Å². The van der Waals surface area contributed by atoms with Crippen molar-refractivity contribution in [3.63, 3.8) is 0 Å². The summed E-state index contributed by atoms with van der Waals surface area (Å²) in [6, 6.07) is 13.8. The minimum atomic E-state index is -0.0830. The molecule has 0 heterocycles. The van der Waals surface area contributed by atoms with Crippen LogP contribution in [0.15, 0.2) is 48.5 Å². The lowest BCUT2D eigenvalue weighted by Crippen LogP contribution is -2.00. The van der Waals surface area contributed by atoms with E-state index < -0.39 is 0 Å². The number of aliphatic hydroxyl groups excluding tert-OH is 2. The molecule has 0 spiro atoms. The van der Waals surface area contributed by atoms with Gasteiger partial charge in [-0.05, 0) is 71.7 Å². The zero-order chi connectivity index (χ0) is 20.4. The Morgan fingerprint density at radius 1 is 1.00 bits per heavy atom. The standard InChI is InChI=1S/C25H34O3/c1-19(2)8-5-4-6-9-20(3)22-10-7-11-25(15-22)28-18-21-12-13-23(16-26)24(14-21)17-27/h7,9-15,19,26-27H,4-6,8,16-18H2,1-3H3/b20-9-. The first kappa shape index (κ1) is 22.2. The highest BCUT2D eigenvalue weighted by Crippen LogP contribution is 2.22. The Balaban J connectivity index is 1.93. The summed E-state index contributed by atoms with van der Waals surface area (Å²) in [6.07, 6.45) is 7.26. The van der Waals surface area contributed by atoms with Gasteiger partial charge in [-0.3, -0.25) is 0 Å². The minimum absolute atomic E-state index is 0.0673. The zero-order valence-corrected chi connectivity index (χ0v) is 17.4. The summed E-state index contributed by atoms with van der Waals surface area (Å²) in [5.41, 5.74) is 4.94. The lowest BCUT2D eigenvalue weighted by Gasteiger charge is -2.11. The average Bonchev–Trinajstić information content (AvgIpc) is 2.71. The van der Waals surface area contributed by atoms with E-state index in [4.69, 9.17) is 4.74 Å². The Morgan fingerprint density at radius 3 is 2.50 bits per heavy atom. The van der Waals surface area contributed by atoms with Crippen LogP contribution in [0.3, 0.4) is 0 Å². The van der Waals surface area contributed by atoms with Gasteiger partial charge in [-0.1, -0.05) is 57.0 Å². The zero-order valence-electron chi connectivity index (χ0n) is 17.4. The first-order valence-electron chi connectivity index (χ1n) is 10.3. The van der Waals surface area contributed by atoms with Gasteiger partial charge in [0.1, 0.15) is 12.4 Å². The Labute approximate surface area is 169 Å². The Kier molecular flexibility index (Phi) is 9.26. The number of hydrogen-bond acceptors (Lipinski definition) is 3. The molecule has 2 aromatic carbocycles. The summed E-state index contributed by atoms with van der Waals surface area (Å²) < 4.78 is 5.95. The summed E-state index contributed by atoms with van der Waals surface area (Å²) in [7, 11) is 0. The van der Waals surface area contributed by atoms with Gasteiger partial charge < -0.3 is 14.9 Å². The summed E-state index contributed by atoms with van der Waals surface area (Å²) in [6.45, 7) is 6.99. The number of rotatable bonds is 11. The van der Waals surface area contributed by atoms with Gasteiger partial charge in [0.15, 0.2) is 0 Å². The fourth-order valence-electron chi connectivity index (χ4n) is 3.20. The van der Waals surface area contributed by atoms with Crippen molar-refractivity contribution in [2.75, 3.05) is 0 Å². The second-order valence-electron chi connectivity index (χ2n) is 7.80. The van der Waals surface area contributed by atoms with E-state index in [9.17, 15) is 10.2 Å². The van der Waals surface area contributed by atoms with Crippen molar-refractivity contribution in [1.29, 1.82) is 0 Å². The molecule has 2 aromatic rings. The number of hydrogen-bond donors (Lipinski definition) is 2. The predicted molar refractivity (Wildman–Crippen MR) is 116 cm³/mol. The van der Waals surface area contributed by atoms with E-state index in [1.807, 2.05) is 30.3 Å². The largest absolute Gasteiger partial charge is 0.489 e. The fraction of sp³-hybridized carbons (Fsp3) is 0.440. The van der Waals surface area contributed by atoms with E-state index in [2.05, 4.69) is 39.0 Å². The number of aliphatic hydroxyl groups is 2.